The minimum Gasteiger partial charge on any atom is -0.374 e. The maximum atomic E-state index is 12.3. The molecule has 22 heavy (non-hydrogen) atoms. The van der Waals surface area contributed by atoms with Gasteiger partial charge >= 0.3 is 0 Å². The van der Waals surface area contributed by atoms with E-state index in [1.807, 2.05) is 35.2 Å². The molecular weight excluding hydrogens is 276 g/mol. The number of benzene rings is 1. The van der Waals surface area contributed by atoms with Crippen LogP contribution in [0.5, 0.6) is 0 Å². The molecule has 5 heteroatoms. The van der Waals surface area contributed by atoms with Crippen LogP contribution >= 0.6 is 0 Å². The summed E-state index contributed by atoms with van der Waals surface area (Å²) in [5.74, 6) is -0.0479. The van der Waals surface area contributed by atoms with Crippen LogP contribution in [-0.4, -0.2) is 37.0 Å². The first-order valence-electron chi connectivity index (χ1n) is 7.58. The van der Waals surface area contributed by atoms with Crippen molar-refractivity contribution in [2.75, 3.05) is 31.5 Å². The molecule has 116 valence electrons. The van der Waals surface area contributed by atoms with E-state index >= 15 is 0 Å². The minimum atomic E-state index is -0.353. The number of amides is 1. The van der Waals surface area contributed by atoms with Crippen molar-refractivity contribution in [3.8, 4) is 6.07 Å². The third-order valence-corrected chi connectivity index (χ3v) is 3.66. The standard InChI is InChI=1S/C17H22N4O/c1-13(2)15-5-3-4-6-16(15)20-17(22)14(11-18)12-21-9-7-19-8-10-21/h3-6,12-13,19H,7-10H2,1-2H3,(H,20,22)/b14-12-. The molecule has 1 saturated heterocycles. The number of carbonyl (C=O) groups excluding carboxylic acids is 1. The molecule has 1 aromatic carbocycles. The molecule has 0 saturated carbocycles. The highest BCUT2D eigenvalue weighted by atomic mass is 16.1. The summed E-state index contributed by atoms with van der Waals surface area (Å²) >= 11 is 0. The van der Waals surface area contributed by atoms with Gasteiger partial charge < -0.3 is 15.5 Å². The number of hydrogen-bond acceptors (Lipinski definition) is 4. The van der Waals surface area contributed by atoms with Gasteiger partial charge in [0, 0.05) is 38.1 Å². The third-order valence-electron chi connectivity index (χ3n) is 3.66. The van der Waals surface area contributed by atoms with Gasteiger partial charge in [0.05, 0.1) is 0 Å². The molecule has 0 aliphatic carbocycles. The van der Waals surface area contributed by atoms with Gasteiger partial charge in [-0.15, -0.1) is 0 Å². The normalized spacial score (nSPS) is 15.5. The molecule has 1 heterocycles. The molecule has 1 aromatic rings. The molecule has 1 amide bonds. The summed E-state index contributed by atoms with van der Waals surface area (Å²) in [5.41, 5.74) is 1.97. The number of piperazine rings is 1. The van der Waals surface area contributed by atoms with Crippen LogP contribution in [0.1, 0.15) is 25.3 Å². The second-order valence-electron chi connectivity index (χ2n) is 5.64. The Balaban J connectivity index is 2.13. The average molecular weight is 298 g/mol. The molecule has 1 fully saturated rings. The lowest BCUT2D eigenvalue weighted by atomic mass is 10.0. The Morgan fingerprint density at radius 3 is 2.68 bits per heavy atom. The van der Waals surface area contributed by atoms with E-state index in [1.165, 1.54) is 0 Å². The summed E-state index contributed by atoms with van der Waals surface area (Å²) in [7, 11) is 0. The quantitative estimate of drug-likeness (QED) is 0.659. The first-order valence-corrected chi connectivity index (χ1v) is 7.58. The number of para-hydroxylation sites is 1. The van der Waals surface area contributed by atoms with Crippen LogP contribution in [-0.2, 0) is 4.79 Å². The lowest BCUT2D eigenvalue weighted by Crippen LogP contribution is -2.41. The Kier molecular flexibility index (Phi) is 5.56. The van der Waals surface area contributed by atoms with Crippen molar-refractivity contribution < 1.29 is 4.79 Å². The number of nitrogens with zero attached hydrogens (tertiary/aromatic N) is 2. The summed E-state index contributed by atoms with van der Waals surface area (Å²) in [4.78, 5) is 14.4. The van der Waals surface area contributed by atoms with Crippen LogP contribution in [0.4, 0.5) is 5.69 Å². The zero-order chi connectivity index (χ0) is 15.9. The van der Waals surface area contributed by atoms with Crippen LogP contribution < -0.4 is 10.6 Å². The SMILES string of the molecule is CC(C)c1ccccc1NC(=O)/C(C#N)=C\N1CCNCC1. The topological polar surface area (TPSA) is 68.2 Å². The van der Waals surface area contributed by atoms with Gasteiger partial charge in [-0.05, 0) is 17.5 Å². The van der Waals surface area contributed by atoms with Crippen molar-refractivity contribution in [2.45, 2.75) is 19.8 Å². The van der Waals surface area contributed by atoms with E-state index in [4.69, 9.17) is 0 Å². The molecule has 1 aliphatic heterocycles. The number of anilines is 1. The van der Waals surface area contributed by atoms with Crippen molar-refractivity contribution in [3.05, 3.63) is 41.6 Å². The zero-order valence-corrected chi connectivity index (χ0v) is 13.1. The van der Waals surface area contributed by atoms with Crippen molar-refractivity contribution in [3.63, 3.8) is 0 Å². The maximum absolute atomic E-state index is 12.3. The van der Waals surface area contributed by atoms with Gasteiger partial charge in [-0.25, -0.2) is 0 Å². The Bertz CT molecular complexity index is 595. The van der Waals surface area contributed by atoms with Crippen molar-refractivity contribution in [2.24, 2.45) is 0 Å². The monoisotopic (exact) mass is 298 g/mol. The van der Waals surface area contributed by atoms with E-state index in [1.54, 1.807) is 6.20 Å². The Morgan fingerprint density at radius 2 is 2.05 bits per heavy atom. The molecule has 0 bridgehead atoms. The molecular formula is C17H22N4O. The molecule has 0 unspecified atom stereocenters. The second kappa shape index (κ2) is 7.62. The van der Waals surface area contributed by atoms with E-state index in [0.29, 0.717) is 5.92 Å². The van der Waals surface area contributed by atoms with Crippen LogP contribution in [0.2, 0.25) is 0 Å². The fourth-order valence-electron chi connectivity index (χ4n) is 2.44. The summed E-state index contributed by atoms with van der Waals surface area (Å²) in [5, 5.41) is 15.4. The van der Waals surface area contributed by atoms with Gasteiger partial charge in [0.15, 0.2) is 0 Å². The van der Waals surface area contributed by atoms with Gasteiger partial charge in [-0.3, -0.25) is 4.79 Å². The van der Waals surface area contributed by atoms with Crippen LogP contribution in [0, 0.1) is 11.3 Å². The Morgan fingerprint density at radius 1 is 1.36 bits per heavy atom. The average Bonchev–Trinajstić information content (AvgIpc) is 2.53. The lowest BCUT2D eigenvalue weighted by molar-refractivity contribution is -0.112. The molecule has 5 nitrogen and oxygen atoms in total. The third kappa shape index (κ3) is 4.09. The molecule has 0 radical (unpaired) electrons. The van der Waals surface area contributed by atoms with E-state index in [-0.39, 0.29) is 11.5 Å². The van der Waals surface area contributed by atoms with Crippen molar-refractivity contribution in [1.82, 2.24) is 10.2 Å². The van der Waals surface area contributed by atoms with Crippen LogP contribution in [0.25, 0.3) is 0 Å². The minimum absolute atomic E-state index is 0.139. The predicted molar refractivity (Wildman–Crippen MR) is 87.3 cm³/mol. The first kappa shape index (κ1) is 16.1. The summed E-state index contributed by atoms with van der Waals surface area (Å²) in [6, 6.07) is 9.70. The highest BCUT2D eigenvalue weighted by Crippen LogP contribution is 2.24. The van der Waals surface area contributed by atoms with Crippen molar-refractivity contribution in [1.29, 1.82) is 5.26 Å². The largest absolute Gasteiger partial charge is 0.374 e. The zero-order valence-electron chi connectivity index (χ0n) is 13.1. The first-order chi connectivity index (χ1) is 10.6. The molecule has 2 N–H and O–H groups in total. The van der Waals surface area contributed by atoms with Gasteiger partial charge in [-0.1, -0.05) is 32.0 Å². The number of hydrogen-bond donors (Lipinski definition) is 2. The summed E-state index contributed by atoms with van der Waals surface area (Å²) in [6.45, 7) is 7.50. The molecule has 0 atom stereocenters. The molecule has 0 aromatic heterocycles. The molecule has 0 spiro atoms. The fraction of sp³-hybridized carbons (Fsp3) is 0.412. The van der Waals surface area contributed by atoms with Gasteiger partial charge in [0.25, 0.3) is 5.91 Å². The highest BCUT2D eigenvalue weighted by Gasteiger charge is 2.15. The van der Waals surface area contributed by atoms with Crippen LogP contribution in [0.3, 0.4) is 0 Å². The second-order valence-corrected chi connectivity index (χ2v) is 5.64. The number of carbonyl (C=O) groups is 1. The number of nitrogens with one attached hydrogen (secondary N) is 2. The van der Waals surface area contributed by atoms with E-state index < -0.39 is 0 Å². The highest BCUT2D eigenvalue weighted by molar-refractivity contribution is 6.06. The number of rotatable bonds is 4. The molecule has 1 aliphatic rings. The summed E-state index contributed by atoms with van der Waals surface area (Å²) < 4.78 is 0. The Labute approximate surface area is 131 Å². The van der Waals surface area contributed by atoms with Crippen LogP contribution in [0.15, 0.2) is 36.0 Å². The van der Waals surface area contributed by atoms with E-state index in [0.717, 1.165) is 37.4 Å². The molecule has 2 rings (SSSR count). The summed E-state index contributed by atoms with van der Waals surface area (Å²) in [6.07, 6.45) is 1.66. The maximum Gasteiger partial charge on any atom is 0.267 e. The van der Waals surface area contributed by atoms with E-state index in [2.05, 4.69) is 24.5 Å². The smallest absolute Gasteiger partial charge is 0.267 e. The predicted octanol–water partition coefficient (Wildman–Crippen LogP) is 2.06. The fourth-order valence-corrected chi connectivity index (χ4v) is 2.44. The lowest BCUT2D eigenvalue weighted by Gasteiger charge is -2.26. The van der Waals surface area contributed by atoms with Gasteiger partial charge in [-0.2, -0.15) is 5.26 Å². The van der Waals surface area contributed by atoms with Gasteiger partial charge in [0.1, 0.15) is 11.6 Å². The van der Waals surface area contributed by atoms with E-state index in [9.17, 15) is 10.1 Å². The number of nitriles is 1. The van der Waals surface area contributed by atoms with Gasteiger partial charge in [0.2, 0.25) is 0 Å². The Hall–Kier alpha value is -2.32. The van der Waals surface area contributed by atoms with Crippen molar-refractivity contribution >= 4 is 11.6 Å².